The average molecular weight is 299 g/mol. The summed E-state index contributed by atoms with van der Waals surface area (Å²) in [6.07, 6.45) is 2.75. The quantitative estimate of drug-likeness (QED) is 0.849. The van der Waals surface area contributed by atoms with Gasteiger partial charge in [0.15, 0.2) is 11.6 Å². The zero-order chi connectivity index (χ0) is 14.9. The molecule has 0 bridgehead atoms. The van der Waals surface area contributed by atoms with E-state index in [9.17, 15) is 17.2 Å². The first kappa shape index (κ1) is 14.2. The van der Waals surface area contributed by atoms with Gasteiger partial charge in [0.05, 0.1) is 11.9 Å². The number of halogens is 2. The molecule has 20 heavy (non-hydrogen) atoms. The normalized spacial score (nSPS) is 11.3. The number of aromatic nitrogens is 1. The molecule has 0 amide bonds. The number of hydrogen-bond donors (Lipinski definition) is 2. The number of nitrogen functional groups attached to an aromatic ring is 1. The number of nitrogens with zero attached hydrogens (tertiary/aromatic N) is 1. The number of rotatable bonds is 3. The van der Waals surface area contributed by atoms with Gasteiger partial charge in [-0.25, -0.2) is 17.2 Å². The van der Waals surface area contributed by atoms with Gasteiger partial charge in [-0.2, -0.15) is 0 Å². The molecule has 1 heterocycles. The van der Waals surface area contributed by atoms with E-state index in [0.29, 0.717) is 11.6 Å². The highest BCUT2D eigenvalue weighted by atomic mass is 32.2. The average Bonchev–Trinajstić information content (AvgIpc) is 2.36. The van der Waals surface area contributed by atoms with Crippen LogP contribution in [0, 0.1) is 18.6 Å². The Morgan fingerprint density at radius 2 is 2.00 bits per heavy atom. The fraction of sp³-hybridized carbons (Fsp3) is 0.0833. The van der Waals surface area contributed by atoms with Gasteiger partial charge < -0.3 is 5.73 Å². The monoisotopic (exact) mass is 299 g/mol. The molecule has 0 atom stereocenters. The number of pyridine rings is 1. The fourth-order valence-corrected chi connectivity index (χ4v) is 2.79. The van der Waals surface area contributed by atoms with Crippen molar-refractivity contribution in [2.75, 3.05) is 10.5 Å². The van der Waals surface area contributed by atoms with Crippen molar-refractivity contribution in [1.82, 2.24) is 4.98 Å². The molecular formula is C12H11F2N3O2S. The molecule has 0 unspecified atom stereocenters. The summed E-state index contributed by atoms with van der Waals surface area (Å²) in [5.74, 6) is -2.80. The molecule has 0 aliphatic heterocycles. The van der Waals surface area contributed by atoms with E-state index in [4.69, 9.17) is 5.73 Å². The van der Waals surface area contributed by atoms with Crippen LogP contribution in [-0.2, 0) is 10.0 Å². The Morgan fingerprint density at radius 1 is 1.30 bits per heavy atom. The van der Waals surface area contributed by atoms with E-state index in [2.05, 4.69) is 9.71 Å². The lowest BCUT2D eigenvalue weighted by atomic mass is 10.3. The zero-order valence-corrected chi connectivity index (χ0v) is 11.2. The second-order valence-corrected chi connectivity index (χ2v) is 5.76. The molecule has 1 aromatic carbocycles. The second-order valence-electron chi connectivity index (χ2n) is 4.11. The van der Waals surface area contributed by atoms with Crippen LogP contribution in [0.4, 0.5) is 20.2 Å². The van der Waals surface area contributed by atoms with E-state index in [1.807, 2.05) is 0 Å². The maximum absolute atomic E-state index is 13.6. The molecule has 2 aromatic rings. The summed E-state index contributed by atoms with van der Waals surface area (Å²) in [5.41, 5.74) is 5.92. The summed E-state index contributed by atoms with van der Waals surface area (Å²) in [5, 5.41) is 0. The molecule has 1 aromatic heterocycles. The lowest BCUT2D eigenvalue weighted by Gasteiger charge is -2.11. The summed E-state index contributed by atoms with van der Waals surface area (Å²) in [6.45, 7) is 1.65. The van der Waals surface area contributed by atoms with Gasteiger partial charge in [-0.05, 0) is 30.7 Å². The van der Waals surface area contributed by atoms with E-state index in [0.717, 1.165) is 6.07 Å². The third-order valence-electron chi connectivity index (χ3n) is 2.59. The third kappa shape index (κ3) is 2.69. The van der Waals surface area contributed by atoms with Crippen molar-refractivity contribution < 1.29 is 17.2 Å². The Morgan fingerprint density at radius 3 is 2.65 bits per heavy atom. The van der Waals surface area contributed by atoms with Crippen LogP contribution >= 0.6 is 0 Å². The predicted molar refractivity (Wildman–Crippen MR) is 70.6 cm³/mol. The number of benzene rings is 1. The summed E-state index contributed by atoms with van der Waals surface area (Å²) in [7, 11) is -4.30. The standard InChI is InChI=1S/C12H11F2N3O2S/c1-7-2-3-16-6-10(7)17-20(18,19)11-5-8(15)4-9(13)12(11)14/h2-6,17H,15H2,1H3. The van der Waals surface area contributed by atoms with Gasteiger partial charge in [0, 0.05) is 11.9 Å². The maximum atomic E-state index is 13.6. The van der Waals surface area contributed by atoms with Crippen molar-refractivity contribution in [3.8, 4) is 0 Å². The SMILES string of the molecule is Cc1ccncc1NS(=O)(=O)c1cc(N)cc(F)c1F. The van der Waals surface area contributed by atoms with E-state index in [1.165, 1.54) is 12.4 Å². The zero-order valence-electron chi connectivity index (χ0n) is 10.4. The van der Waals surface area contributed by atoms with E-state index in [-0.39, 0.29) is 11.4 Å². The van der Waals surface area contributed by atoms with E-state index in [1.54, 1.807) is 13.0 Å². The van der Waals surface area contributed by atoms with Gasteiger partial charge in [-0.1, -0.05) is 0 Å². The van der Waals surface area contributed by atoms with Crippen LogP contribution in [0.15, 0.2) is 35.5 Å². The molecule has 5 nitrogen and oxygen atoms in total. The van der Waals surface area contributed by atoms with Gasteiger partial charge in [-0.15, -0.1) is 0 Å². The Bertz CT molecular complexity index is 763. The van der Waals surface area contributed by atoms with Crippen LogP contribution in [0.3, 0.4) is 0 Å². The van der Waals surface area contributed by atoms with E-state index < -0.39 is 26.6 Å². The van der Waals surface area contributed by atoms with Crippen LogP contribution in [-0.4, -0.2) is 13.4 Å². The number of aryl methyl sites for hydroxylation is 1. The lowest BCUT2D eigenvalue weighted by molar-refractivity contribution is 0.486. The first-order chi connectivity index (χ1) is 9.31. The minimum Gasteiger partial charge on any atom is -0.399 e. The van der Waals surface area contributed by atoms with Gasteiger partial charge >= 0.3 is 0 Å². The van der Waals surface area contributed by atoms with Gasteiger partial charge in [0.1, 0.15) is 4.90 Å². The second kappa shape index (κ2) is 5.04. The minimum atomic E-state index is -4.30. The summed E-state index contributed by atoms with van der Waals surface area (Å²) in [4.78, 5) is 2.91. The van der Waals surface area contributed by atoms with Crippen LogP contribution < -0.4 is 10.5 Å². The Hall–Kier alpha value is -2.22. The van der Waals surface area contributed by atoms with Crippen molar-refractivity contribution >= 4 is 21.4 Å². The molecule has 0 radical (unpaired) electrons. The van der Waals surface area contributed by atoms with Gasteiger partial charge in [0.2, 0.25) is 0 Å². The summed E-state index contributed by atoms with van der Waals surface area (Å²) in [6, 6.07) is 3.14. The Labute approximate surface area is 114 Å². The topological polar surface area (TPSA) is 85.1 Å². The third-order valence-corrected chi connectivity index (χ3v) is 3.95. The first-order valence-electron chi connectivity index (χ1n) is 5.49. The highest BCUT2D eigenvalue weighted by Crippen LogP contribution is 2.24. The molecule has 0 saturated heterocycles. The van der Waals surface area contributed by atoms with Crippen LogP contribution in [0.1, 0.15) is 5.56 Å². The predicted octanol–water partition coefficient (Wildman–Crippen LogP) is 2.05. The largest absolute Gasteiger partial charge is 0.399 e. The molecule has 0 saturated carbocycles. The van der Waals surface area contributed by atoms with Crippen LogP contribution in [0.5, 0.6) is 0 Å². The van der Waals surface area contributed by atoms with Crippen molar-refractivity contribution in [3.05, 3.63) is 47.8 Å². The number of anilines is 2. The number of nitrogens with one attached hydrogen (secondary N) is 1. The lowest BCUT2D eigenvalue weighted by Crippen LogP contribution is -2.16. The number of sulfonamides is 1. The molecule has 3 N–H and O–H groups in total. The van der Waals surface area contributed by atoms with Crippen molar-refractivity contribution in [2.45, 2.75) is 11.8 Å². The fourth-order valence-electron chi connectivity index (χ4n) is 1.55. The molecule has 8 heteroatoms. The Balaban J connectivity index is 2.49. The van der Waals surface area contributed by atoms with Crippen LogP contribution in [0.2, 0.25) is 0 Å². The number of nitrogens with two attached hydrogens (primary N) is 1. The molecule has 0 aliphatic carbocycles. The van der Waals surface area contributed by atoms with Crippen molar-refractivity contribution in [3.63, 3.8) is 0 Å². The smallest absolute Gasteiger partial charge is 0.265 e. The van der Waals surface area contributed by atoms with Crippen LogP contribution in [0.25, 0.3) is 0 Å². The van der Waals surface area contributed by atoms with Crippen molar-refractivity contribution in [1.29, 1.82) is 0 Å². The molecule has 0 aliphatic rings. The maximum Gasteiger partial charge on any atom is 0.265 e. The molecule has 2 rings (SSSR count). The summed E-state index contributed by atoms with van der Waals surface area (Å²) < 4.78 is 53.1. The van der Waals surface area contributed by atoms with E-state index >= 15 is 0 Å². The minimum absolute atomic E-state index is 0.176. The highest BCUT2D eigenvalue weighted by Gasteiger charge is 2.23. The molecular weight excluding hydrogens is 288 g/mol. The molecule has 0 fully saturated rings. The summed E-state index contributed by atoms with van der Waals surface area (Å²) >= 11 is 0. The molecule has 0 spiro atoms. The van der Waals surface area contributed by atoms with Crippen molar-refractivity contribution in [2.24, 2.45) is 0 Å². The number of hydrogen-bond acceptors (Lipinski definition) is 4. The Kier molecular flexibility index (Phi) is 3.58. The first-order valence-corrected chi connectivity index (χ1v) is 6.97. The molecule has 106 valence electrons. The van der Waals surface area contributed by atoms with Gasteiger partial charge in [0.25, 0.3) is 10.0 Å². The van der Waals surface area contributed by atoms with Gasteiger partial charge in [-0.3, -0.25) is 9.71 Å². The highest BCUT2D eigenvalue weighted by molar-refractivity contribution is 7.92.